The van der Waals surface area contributed by atoms with E-state index in [2.05, 4.69) is 10.6 Å². The first kappa shape index (κ1) is 21.7. The average molecular weight is 394 g/mol. The predicted octanol–water partition coefficient (Wildman–Crippen LogP) is 3.70. The molecule has 150 valence electrons. The van der Waals surface area contributed by atoms with Gasteiger partial charge in [-0.1, -0.05) is 25.3 Å². The minimum Gasteiger partial charge on any atom is -0.338 e. The summed E-state index contributed by atoms with van der Waals surface area (Å²) in [7, 11) is 1.96. The molecule has 1 atom stereocenters. The summed E-state index contributed by atoms with van der Waals surface area (Å²) in [4.78, 5) is 27.3. The van der Waals surface area contributed by atoms with Gasteiger partial charge in [-0.05, 0) is 63.4 Å². The highest BCUT2D eigenvalue weighted by Crippen LogP contribution is 2.25. The largest absolute Gasteiger partial charge is 0.338 e. The molecule has 2 N–H and O–H groups in total. The SMILES string of the molecule is CNCC1CCCN(C(=O)c2cccc(NC(=O)C3CCCCC3)c2)C1.Cl. The predicted molar refractivity (Wildman–Crippen MR) is 111 cm³/mol. The van der Waals surface area contributed by atoms with Crippen LogP contribution in [-0.4, -0.2) is 43.4 Å². The normalized spacial score (nSPS) is 20.6. The first-order valence-corrected chi connectivity index (χ1v) is 10.0. The number of carbonyl (C=O) groups excluding carboxylic acids is 2. The van der Waals surface area contributed by atoms with Crippen LogP contribution in [0.4, 0.5) is 5.69 Å². The van der Waals surface area contributed by atoms with Gasteiger partial charge in [-0.25, -0.2) is 0 Å². The Hall–Kier alpha value is -1.59. The highest BCUT2D eigenvalue weighted by Gasteiger charge is 2.25. The van der Waals surface area contributed by atoms with Gasteiger partial charge >= 0.3 is 0 Å². The number of nitrogens with one attached hydrogen (secondary N) is 2. The third-order valence-corrected chi connectivity index (χ3v) is 5.65. The molecule has 1 unspecified atom stereocenters. The Morgan fingerprint density at radius 2 is 1.89 bits per heavy atom. The van der Waals surface area contributed by atoms with Crippen LogP contribution in [0.3, 0.4) is 0 Å². The highest BCUT2D eigenvalue weighted by atomic mass is 35.5. The molecule has 0 aromatic heterocycles. The minimum absolute atomic E-state index is 0. The summed E-state index contributed by atoms with van der Waals surface area (Å²) in [5, 5.41) is 6.23. The van der Waals surface area contributed by atoms with E-state index in [-0.39, 0.29) is 30.1 Å². The van der Waals surface area contributed by atoms with E-state index in [0.717, 1.165) is 57.4 Å². The second kappa shape index (κ2) is 10.7. The lowest BCUT2D eigenvalue weighted by atomic mass is 9.88. The van der Waals surface area contributed by atoms with Crippen LogP contribution in [0.25, 0.3) is 0 Å². The molecule has 1 aliphatic heterocycles. The number of rotatable bonds is 5. The van der Waals surface area contributed by atoms with Crippen molar-refractivity contribution in [1.82, 2.24) is 10.2 Å². The van der Waals surface area contributed by atoms with E-state index < -0.39 is 0 Å². The van der Waals surface area contributed by atoms with Gasteiger partial charge in [0.25, 0.3) is 5.91 Å². The third kappa shape index (κ3) is 5.94. The summed E-state index contributed by atoms with van der Waals surface area (Å²) in [5.41, 5.74) is 1.40. The number of benzene rings is 1. The molecular formula is C21H32ClN3O2. The van der Waals surface area contributed by atoms with Gasteiger partial charge in [0.15, 0.2) is 0 Å². The van der Waals surface area contributed by atoms with Crippen molar-refractivity contribution in [3.63, 3.8) is 0 Å². The molecule has 1 heterocycles. The molecule has 2 amide bonds. The molecule has 1 saturated heterocycles. The fraction of sp³-hybridized carbons (Fsp3) is 0.619. The number of carbonyl (C=O) groups is 2. The zero-order valence-corrected chi connectivity index (χ0v) is 17.0. The zero-order chi connectivity index (χ0) is 18.4. The molecule has 1 aromatic rings. The molecule has 0 radical (unpaired) electrons. The van der Waals surface area contributed by atoms with Gasteiger partial charge in [0.05, 0.1) is 0 Å². The van der Waals surface area contributed by atoms with Gasteiger partial charge in [0.2, 0.25) is 5.91 Å². The highest BCUT2D eigenvalue weighted by molar-refractivity contribution is 5.97. The van der Waals surface area contributed by atoms with Crippen LogP contribution in [-0.2, 0) is 4.79 Å². The molecule has 1 aliphatic carbocycles. The summed E-state index contributed by atoms with van der Waals surface area (Å²) in [6.45, 7) is 2.57. The lowest BCUT2D eigenvalue weighted by Gasteiger charge is -2.32. The van der Waals surface area contributed by atoms with E-state index in [1.54, 1.807) is 0 Å². The van der Waals surface area contributed by atoms with Crippen molar-refractivity contribution in [3.8, 4) is 0 Å². The maximum Gasteiger partial charge on any atom is 0.253 e. The van der Waals surface area contributed by atoms with Gasteiger partial charge < -0.3 is 15.5 Å². The van der Waals surface area contributed by atoms with Crippen LogP contribution in [0.15, 0.2) is 24.3 Å². The maximum atomic E-state index is 12.9. The smallest absolute Gasteiger partial charge is 0.253 e. The lowest BCUT2D eigenvalue weighted by Crippen LogP contribution is -2.42. The zero-order valence-electron chi connectivity index (χ0n) is 16.2. The molecule has 0 spiro atoms. The van der Waals surface area contributed by atoms with E-state index >= 15 is 0 Å². The van der Waals surface area contributed by atoms with Crippen molar-refractivity contribution in [1.29, 1.82) is 0 Å². The quantitative estimate of drug-likeness (QED) is 0.801. The summed E-state index contributed by atoms with van der Waals surface area (Å²) in [6, 6.07) is 7.40. The third-order valence-electron chi connectivity index (χ3n) is 5.65. The molecule has 3 rings (SSSR count). The van der Waals surface area contributed by atoms with Crippen LogP contribution < -0.4 is 10.6 Å². The second-order valence-corrected chi connectivity index (χ2v) is 7.72. The number of hydrogen-bond acceptors (Lipinski definition) is 3. The number of likely N-dealkylation sites (tertiary alicyclic amines) is 1. The number of hydrogen-bond donors (Lipinski definition) is 2. The van der Waals surface area contributed by atoms with Crippen molar-refractivity contribution in [2.24, 2.45) is 11.8 Å². The molecule has 27 heavy (non-hydrogen) atoms. The Morgan fingerprint density at radius 3 is 2.63 bits per heavy atom. The average Bonchev–Trinajstić information content (AvgIpc) is 2.69. The first-order valence-electron chi connectivity index (χ1n) is 10.0. The Morgan fingerprint density at radius 1 is 1.11 bits per heavy atom. The van der Waals surface area contributed by atoms with Crippen molar-refractivity contribution < 1.29 is 9.59 Å². The molecule has 1 aromatic carbocycles. The number of amides is 2. The van der Waals surface area contributed by atoms with Crippen molar-refractivity contribution in [2.45, 2.75) is 44.9 Å². The topological polar surface area (TPSA) is 61.4 Å². The summed E-state index contributed by atoms with van der Waals surface area (Å²) >= 11 is 0. The Labute approximate surface area is 168 Å². The van der Waals surface area contributed by atoms with E-state index in [4.69, 9.17) is 0 Å². The van der Waals surface area contributed by atoms with E-state index in [0.29, 0.717) is 11.5 Å². The number of halogens is 1. The van der Waals surface area contributed by atoms with Gasteiger partial charge in [-0.3, -0.25) is 9.59 Å². The van der Waals surface area contributed by atoms with Crippen LogP contribution in [0.5, 0.6) is 0 Å². The van der Waals surface area contributed by atoms with Crippen molar-refractivity contribution in [2.75, 3.05) is 32.0 Å². The Kier molecular flexibility index (Phi) is 8.58. The van der Waals surface area contributed by atoms with Crippen LogP contribution in [0, 0.1) is 11.8 Å². The fourth-order valence-corrected chi connectivity index (χ4v) is 4.23. The lowest BCUT2D eigenvalue weighted by molar-refractivity contribution is -0.120. The Balaban J connectivity index is 0.00000261. The monoisotopic (exact) mass is 393 g/mol. The van der Waals surface area contributed by atoms with E-state index in [9.17, 15) is 9.59 Å². The molecule has 6 heteroatoms. The van der Waals surface area contributed by atoms with Crippen LogP contribution in [0.1, 0.15) is 55.3 Å². The molecular weight excluding hydrogens is 362 g/mol. The second-order valence-electron chi connectivity index (χ2n) is 7.72. The summed E-state index contributed by atoms with van der Waals surface area (Å²) < 4.78 is 0. The summed E-state index contributed by atoms with van der Waals surface area (Å²) in [5.74, 6) is 0.806. The molecule has 0 bridgehead atoms. The van der Waals surface area contributed by atoms with Crippen molar-refractivity contribution in [3.05, 3.63) is 29.8 Å². The van der Waals surface area contributed by atoms with Crippen LogP contribution >= 0.6 is 12.4 Å². The first-order chi connectivity index (χ1) is 12.7. The Bertz CT molecular complexity index is 630. The van der Waals surface area contributed by atoms with E-state index in [1.807, 2.05) is 36.2 Å². The molecule has 1 saturated carbocycles. The van der Waals surface area contributed by atoms with Gasteiger partial charge in [0, 0.05) is 30.3 Å². The number of anilines is 1. The van der Waals surface area contributed by atoms with Gasteiger partial charge in [0.1, 0.15) is 0 Å². The molecule has 5 nitrogen and oxygen atoms in total. The number of nitrogens with zero attached hydrogens (tertiary/aromatic N) is 1. The molecule has 2 fully saturated rings. The van der Waals surface area contributed by atoms with Crippen LogP contribution in [0.2, 0.25) is 0 Å². The van der Waals surface area contributed by atoms with Crippen molar-refractivity contribution >= 4 is 29.9 Å². The fourth-order valence-electron chi connectivity index (χ4n) is 4.23. The van der Waals surface area contributed by atoms with Gasteiger partial charge in [-0.2, -0.15) is 0 Å². The summed E-state index contributed by atoms with van der Waals surface area (Å²) in [6.07, 6.45) is 7.69. The molecule has 2 aliphatic rings. The van der Waals surface area contributed by atoms with Gasteiger partial charge in [-0.15, -0.1) is 12.4 Å². The standard InChI is InChI=1S/C21H31N3O2.ClH/c1-22-14-16-7-6-12-24(15-16)21(26)18-10-5-11-19(13-18)23-20(25)17-8-3-2-4-9-17;/h5,10-11,13,16-17,22H,2-4,6-9,12,14-15H2,1H3,(H,23,25);1H. The van der Waals surface area contributed by atoms with E-state index in [1.165, 1.54) is 12.8 Å². The minimum atomic E-state index is 0. The number of piperidine rings is 1. The maximum absolute atomic E-state index is 12.9.